The molecule has 0 N–H and O–H groups in total. The van der Waals surface area contributed by atoms with Gasteiger partial charge in [-0.15, -0.1) is 0 Å². The summed E-state index contributed by atoms with van der Waals surface area (Å²) < 4.78 is 29.2. The molecule has 0 aliphatic heterocycles. The van der Waals surface area contributed by atoms with E-state index < -0.39 is 11.8 Å². The van der Waals surface area contributed by atoms with Crippen molar-refractivity contribution in [2.24, 2.45) is 5.92 Å². The van der Waals surface area contributed by atoms with Gasteiger partial charge in [0.05, 0.1) is 11.6 Å². The highest BCUT2D eigenvalue weighted by molar-refractivity contribution is 6.33. The molecule has 2 rings (SSSR count). The summed E-state index contributed by atoms with van der Waals surface area (Å²) in [6.45, 7) is 4.17. The molecule has 7 heteroatoms. The molecule has 1 heterocycles. The third-order valence-corrected chi connectivity index (χ3v) is 3.63. The fraction of sp³-hybridized carbons (Fsp3) is 0.333. The lowest BCUT2D eigenvalue weighted by molar-refractivity contribution is 0.0437. The van der Waals surface area contributed by atoms with E-state index in [0.717, 1.165) is 12.5 Å². The minimum atomic E-state index is -0.942. The van der Waals surface area contributed by atoms with Gasteiger partial charge < -0.3 is 13.9 Å². The molecule has 0 aliphatic carbocycles. The predicted octanol–water partition coefficient (Wildman–Crippen LogP) is 4.21. The maximum Gasteiger partial charge on any atom is 0.343 e. The van der Waals surface area contributed by atoms with Crippen molar-refractivity contribution in [2.75, 3.05) is 6.61 Å². The van der Waals surface area contributed by atoms with E-state index in [9.17, 15) is 14.0 Å². The van der Waals surface area contributed by atoms with Crippen LogP contribution in [0.4, 0.5) is 4.39 Å². The predicted molar refractivity (Wildman–Crippen MR) is 90.5 cm³/mol. The zero-order valence-electron chi connectivity index (χ0n) is 13.9. The van der Waals surface area contributed by atoms with Crippen molar-refractivity contribution in [3.05, 3.63) is 62.9 Å². The molecule has 0 amide bonds. The fourth-order valence-electron chi connectivity index (χ4n) is 1.93. The number of halogens is 2. The van der Waals surface area contributed by atoms with Crippen molar-refractivity contribution < 1.29 is 23.1 Å². The van der Waals surface area contributed by atoms with Gasteiger partial charge in [0.2, 0.25) is 11.2 Å². The molecule has 5 nitrogen and oxygen atoms in total. The second-order valence-electron chi connectivity index (χ2n) is 5.78. The largest absolute Gasteiger partial charge is 0.487 e. The quantitative estimate of drug-likeness (QED) is 0.685. The SMILES string of the molecule is CC(C)CCOc1coc(COC(=O)c2c(F)cccc2Cl)cc1=O. The van der Waals surface area contributed by atoms with Gasteiger partial charge in [-0.3, -0.25) is 4.79 Å². The lowest BCUT2D eigenvalue weighted by atomic mass is 10.1. The molecule has 2 aromatic rings. The highest BCUT2D eigenvalue weighted by Gasteiger charge is 2.18. The van der Waals surface area contributed by atoms with Gasteiger partial charge in [0.25, 0.3) is 0 Å². The molecule has 1 aromatic carbocycles. The molecule has 25 heavy (non-hydrogen) atoms. The molecule has 0 fully saturated rings. The fourth-order valence-corrected chi connectivity index (χ4v) is 2.17. The summed E-state index contributed by atoms with van der Waals surface area (Å²) in [4.78, 5) is 23.9. The number of hydrogen-bond donors (Lipinski definition) is 0. The zero-order chi connectivity index (χ0) is 18.4. The van der Waals surface area contributed by atoms with Crippen LogP contribution in [0.2, 0.25) is 5.02 Å². The Hall–Kier alpha value is -2.34. The van der Waals surface area contributed by atoms with E-state index in [1.165, 1.54) is 24.5 Å². The Balaban J connectivity index is 1.98. The van der Waals surface area contributed by atoms with Gasteiger partial charge in [0.1, 0.15) is 30.0 Å². The van der Waals surface area contributed by atoms with Gasteiger partial charge in [0, 0.05) is 6.07 Å². The topological polar surface area (TPSA) is 65.7 Å². The van der Waals surface area contributed by atoms with Gasteiger partial charge in [0.15, 0.2) is 0 Å². The Labute approximate surface area is 149 Å². The summed E-state index contributed by atoms with van der Waals surface area (Å²) in [5.41, 5.74) is -0.745. The molecular formula is C18H18ClFO5. The minimum Gasteiger partial charge on any atom is -0.487 e. The molecule has 0 atom stereocenters. The Morgan fingerprint density at radius 1 is 1.36 bits per heavy atom. The van der Waals surface area contributed by atoms with Crippen molar-refractivity contribution >= 4 is 17.6 Å². The molecule has 0 saturated heterocycles. The lowest BCUT2D eigenvalue weighted by Gasteiger charge is -2.08. The molecule has 0 unspecified atom stereocenters. The highest BCUT2D eigenvalue weighted by Crippen LogP contribution is 2.20. The highest BCUT2D eigenvalue weighted by atomic mass is 35.5. The lowest BCUT2D eigenvalue weighted by Crippen LogP contribution is -2.12. The first kappa shape index (κ1) is 19.0. The van der Waals surface area contributed by atoms with Crippen LogP contribution in [0.15, 0.2) is 39.7 Å². The zero-order valence-corrected chi connectivity index (χ0v) is 14.6. The van der Waals surface area contributed by atoms with Crippen LogP contribution in [0.3, 0.4) is 0 Å². The number of carbonyl (C=O) groups excluding carboxylic acids is 1. The minimum absolute atomic E-state index is 0.0552. The van der Waals surface area contributed by atoms with Crippen LogP contribution in [-0.2, 0) is 11.3 Å². The van der Waals surface area contributed by atoms with Crippen LogP contribution in [0.25, 0.3) is 0 Å². The van der Waals surface area contributed by atoms with Gasteiger partial charge in [-0.05, 0) is 24.5 Å². The third kappa shape index (κ3) is 5.32. The van der Waals surface area contributed by atoms with Crippen LogP contribution in [0.1, 0.15) is 36.4 Å². The molecule has 0 aliphatic rings. The van der Waals surface area contributed by atoms with Gasteiger partial charge >= 0.3 is 5.97 Å². The van der Waals surface area contributed by atoms with Gasteiger partial charge in [-0.2, -0.15) is 0 Å². The van der Waals surface area contributed by atoms with E-state index >= 15 is 0 Å². The summed E-state index contributed by atoms with van der Waals surface area (Å²) in [5.74, 6) is -1.07. The van der Waals surface area contributed by atoms with E-state index in [2.05, 4.69) is 0 Å². The van der Waals surface area contributed by atoms with Crippen LogP contribution in [-0.4, -0.2) is 12.6 Å². The molecule has 0 saturated carbocycles. The summed E-state index contributed by atoms with van der Waals surface area (Å²) in [5, 5.41) is -0.0552. The third-order valence-electron chi connectivity index (χ3n) is 3.32. The van der Waals surface area contributed by atoms with Crippen molar-refractivity contribution in [3.8, 4) is 5.75 Å². The van der Waals surface area contributed by atoms with Crippen LogP contribution < -0.4 is 10.2 Å². The first-order valence-corrected chi connectivity index (χ1v) is 8.12. The summed E-state index contributed by atoms with van der Waals surface area (Å²) in [7, 11) is 0. The van der Waals surface area contributed by atoms with Crippen molar-refractivity contribution in [1.29, 1.82) is 0 Å². The Bertz CT molecular complexity index is 780. The number of esters is 1. The van der Waals surface area contributed by atoms with Crippen molar-refractivity contribution in [1.82, 2.24) is 0 Å². The number of rotatable bonds is 7. The molecule has 1 aromatic heterocycles. The Kier molecular flexibility index (Phi) is 6.58. The molecule has 0 bridgehead atoms. The normalized spacial score (nSPS) is 10.8. The van der Waals surface area contributed by atoms with E-state index in [0.29, 0.717) is 12.5 Å². The van der Waals surface area contributed by atoms with Crippen LogP contribution in [0.5, 0.6) is 5.75 Å². The molecule has 0 radical (unpaired) electrons. The smallest absolute Gasteiger partial charge is 0.343 e. The van der Waals surface area contributed by atoms with Crippen LogP contribution in [0, 0.1) is 11.7 Å². The van der Waals surface area contributed by atoms with E-state index in [1.54, 1.807) is 0 Å². The monoisotopic (exact) mass is 368 g/mol. The number of carbonyl (C=O) groups is 1. The molecular weight excluding hydrogens is 351 g/mol. The average molecular weight is 369 g/mol. The number of hydrogen-bond acceptors (Lipinski definition) is 5. The Morgan fingerprint density at radius 2 is 2.12 bits per heavy atom. The molecule has 0 spiro atoms. The van der Waals surface area contributed by atoms with Crippen LogP contribution >= 0.6 is 11.6 Å². The number of benzene rings is 1. The standard InChI is InChI=1S/C18H18ClFO5/c1-11(2)6-7-23-16-10-24-12(8-15(16)21)9-25-18(22)17-13(19)4-3-5-14(17)20/h3-5,8,10-11H,6-7,9H2,1-2H3. The number of ether oxygens (including phenoxy) is 2. The average Bonchev–Trinajstić information content (AvgIpc) is 2.54. The Morgan fingerprint density at radius 3 is 2.76 bits per heavy atom. The van der Waals surface area contributed by atoms with E-state index in [4.69, 9.17) is 25.5 Å². The summed E-state index contributed by atoms with van der Waals surface area (Å²) in [6.07, 6.45) is 1.98. The summed E-state index contributed by atoms with van der Waals surface area (Å²) in [6, 6.07) is 5.03. The summed E-state index contributed by atoms with van der Waals surface area (Å²) >= 11 is 5.79. The van der Waals surface area contributed by atoms with Gasteiger partial charge in [-0.1, -0.05) is 31.5 Å². The van der Waals surface area contributed by atoms with E-state index in [1.807, 2.05) is 13.8 Å². The van der Waals surface area contributed by atoms with E-state index in [-0.39, 0.29) is 34.1 Å². The molecule has 134 valence electrons. The van der Waals surface area contributed by atoms with Crippen molar-refractivity contribution in [2.45, 2.75) is 26.9 Å². The first-order chi connectivity index (χ1) is 11.9. The second-order valence-corrected chi connectivity index (χ2v) is 6.19. The first-order valence-electron chi connectivity index (χ1n) is 7.74. The second kappa shape index (κ2) is 8.67. The maximum absolute atomic E-state index is 13.6. The van der Waals surface area contributed by atoms with Gasteiger partial charge in [-0.25, -0.2) is 9.18 Å². The van der Waals surface area contributed by atoms with Crippen molar-refractivity contribution in [3.63, 3.8) is 0 Å². The maximum atomic E-state index is 13.6.